The van der Waals surface area contributed by atoms with Crippen molar-refractivity contribution in [2.75, 3.05) is 0 Å². The highest BCUT2D eigenvalue weighted by Gasteiger charge is 2.18. The Balaban J connectivity index is 0.00000192. The molecular formula is C15H13ClFN3O3. The Labute approximate surface area is 137 Å². The number of carboxylic acids is 1. The van der Waals surface area contributed by atoms with Crippen molar-refractivity contribution in [2.24, 2.45) is 0 Å². The Hall–Kier alpha value is -2.67. The number of rotatable bonds is 4. The second kappa shape index (κ2) is 6.62. The summed E-state index contributed by atoms with van der Waals surface area (Å²) in [5, 5.41) is 9.23. The standard InChI is InChI=1S/C15H12FN3O3.ClH/c1-9-13(15(20)21)19-7-3-5-12(14(19)18-9)22-8-11-10(16)4-2-6-17-11;/h2-7H,8H2,1H3,(H,20,21);1H. The van der Waals surface area contributed by atoms with Gasteiger partial charge in [-0.15, -0.1) is 12.4 Å². The summed E-state index contributed by atoms with van der Waals surface area (Å²) in [5.41, 5.74) is 0.997. The fraction of sp³-hybridized carbons (Fsp3) is 0.133. The van der Waals surface area contributed by atoms with Gasteiger partial charge in [-0.05, 0) is 31.2 Å². The van der Waals surface area contributed by atoms with E-state index in [9.17, 15) is 14.3 Å². The van der Waals surface area contributed by atoms with Crippen molar-refractivity contribution in [3.05, 3.63) is 59.6 Å². The molecule has 0 aliphatic rings. The van der Waals surface area contributed by atoms with Crippen LogP contribution < -0.4 is 4.74 Å². The third-order valence-electron chi connectivity index (χ3n) is 3.19. The molecule has 0 aliphatic carbocycles. The number of imidazole rings is 1. The largest absolute Gasteiger partial charge is 0.483 e. The molecule has 3 heterocycles. The Morgan fingerprint density at radius 3 is 2.87 bits per heavy atom. The van der Waals surface area contributed by atoms with Crippen LogP contribution in [0.2, 0.25) is 0 Å². The van der Waals surface area contributed by atoms with Gasteiger partial charge < -0.3 is 9.84 Å². The van der Waals surface area contributed by atoms with E-state index in [0.717, 1.165) is 0 Å². The number of fused-ring (bicyclic) bond motifs is 1. The summed E-state index contributed by atoms with van der Waals surface area (Å²) in [6.07, 6.45) is 3.07. The van der Waals surface area contributed by atoms with Gasteiger partial charge in [-0.2, -0.15) is 0 Å². The number of carbonyl (C=O) groups is 1. The molecule has 6 nitrogen and oxygen atoms in total. The summed E-state index contributed by atoms with van der Waals surface area (Å²) in [4.78, 5) is 19.4. The predicted octanol–water partition coefficient (Wildman–Crippen LogP) is 2.88. The molecule has 23 heavy (non-hydrogen) atoms. The molecule has 0 saturated heterocycles. The van der Waals surface area contributed by atoms with E-state index in [2.05, 4.69) is 9.97 Å². The van der Waals surface area contributed by atoms with Crippen LogP contribution in [-0.4, -0.2) is 25.4 Å². The minimum atomic E-state index is -1.07. The zero-order valence-corrected chi connectivity index (χ0v) is 12.9. The van der Waals surface area contributed by atoms with Crippen molar-refractivity contribution in [1.29, 1.82) is 0 Å². The summed E-state index contributed by atoms with van der Waals surface area (Å²) >= 11 is 0. The zero-order valence-electron chi connectivity index (χ0n) is 12.1. The number of nitrogens with zero attached hydrogens (tertiary/aromatic N) is 3. The number of pyridine rings is 2. The number of aromatic carboxylic acids is 1. The lowest BCUT2D eigenvalue weighted by molar-refractivity contribution is 0.0688. The van der Waals surface area contributed by atoms with Gasteiger partial charge >= 0.3 is 5.97 Å². The van der Waals surface area contributed by atoms with Crippen molar-refractivity contribution in [2.45, 2.75) is 13.5 Å². The molecule has 0 atom stereocenters. The molecule has 0 spiro atoms. The van der Waals surface area contributed by atoms with Crippen molar-refractivity contribution in [3.8, 4) is 5.75 Å². The maximum Gasteiger partial charge on any atom is 0.354 e. The number of ether oxygens (including phenoxy) is 1. The van der Waals surface area contributed by atoms with E-state index in [1.807, 2.05) is 0 Å². The van der Waals surface area contributed by atoms with Crippen molar-refractivity contribution >= 4 is 24.0 Å². The molecule has 0 aliphatic heterocycles. The molecule has 0 radical (unpaired) electrons. The number of hydrogen-bond donors (Lipinski definition) is 1. The fourth-order valence-electron chi connectivity index (χ4n) is 2.20. The molecule has 0 saturated carbocycles. The van der Waals surface area contributed by atoms with Gasteiger partial charge in [0.25, 0.3) is 0 Å². The zero-order chi connectivity index (χ0) is 15.7. The predicted molar refractivity (Wildman–Crippen MR) is 82.7 cm³/mol. The summed E-state index contributed by atoms with van der Waals surface area (Å²) in [7, 11) is 0. The van der Waals surface area contributed by atoms with E-state index in [1.165, 1.54) is 22.7 Å². The molecule has 0 aromatic carbocycles. The molecule has 0 amide bonds. The van der Waals surface area contributed by atoms with E-state index in [0.29, 0.717) is 17.1 Å². The SMILES string of the molecule is Cc1nc2c(OCc3ncccc3F)cccn2c1C(=O)O.Cl. The first kappa shape index (κ1) is 16.7. The second-order valence-corrected chi connectivity index (χ2v) is 4.64. The second-order valence-electron chi connectivity index (χ2n) is 4.64. The summed E-state index contributed by atoms with van der Waals surface area (Å²) < 4.78 is 20.5. The third-order valence-corrected chi connectivity index (χ3v) is 3.19. The summed E-state index contributed by atoms with van der Waals surface area (Å²) in [5.74, 6) is -1.17. The number of halogens is 2. The van der Waals surface area contributed by atoms with Gasteiger partial charge in [-0.1, -0.05) is 0 Å². The Bertz CT molecular complexity index is 866. The maximum atomic E-state index is 13.5. The fourth-order valence-corrected chi connectivity index (χ4v) is 2.20. The van der Waals surface area contributed by atoms with Crippen LogP contribution in [0, 0.1) is 12.7 Å². The maximum absolute atomic E-state index is 13.5. The van der Waals surface area contributed by atoms with Crippen molar-refractivity contribution < 1.29 is 19.0 Å². The molecule has 3 aromatic heterocycles. The summed E-state index contributed by atoms with van der Waals surface area (Å²) in [6.45, 7) is 1.54. The van der Waals surface area contributed by atoms with Crippen LogP contribution in [0.3, 0.4) is 0 Å². The van der Waals surface area contributed by atoms with Crippen LogP contribution in [0.25, 0.3) is 5.65 Å². The highest BCUT2D eigenvalue weighted by atomic mass is 35.5. The van der Waals surface area contributed by atoms with Crippen LogP contribution in [0.4, 0.5) is 4.39 Å². The Kier molecular flexibility index (Phi) is 4.80. The van der Waals surface area contributed by atoms with Crippen LogP contribution in [0.5, 0.6) is 5.75 Å². The first-order chi connectivity index (χ1) is 10.6. The highest BCUT2D eigenvalue weighted by molar-refractivity contribution is 5.88. The van der Waals surface area contributed by atoms with Gasteiger partial charge in [0.1, 0.15) is 18.1 Å². The normalized spacial score (nSPS) is 10.3. The molecule has 3 rings (SSSR count). The van der Waals surface area contributed by atoms with Crippen LogP contribution in [0.1, 0.15) is 21.9 Å². The minimum Gasteiger partial charge on any atom is -0.483 e. The highest BCUT2D eigenvalue weighted by Crippen LogP contribution is 2.23. The van der Waals surface area contributed by atoms with E-state index in [1.54, 1.807) is 25.3 Å². The van der Waals surface area contributed by atoms with E-state index < -0.39 is 11.8 Å². The van der Waals surface area contributed by atoms with Crippen molar-refractivity contribution in [3.63, 3.8) is 0 Å². The van der Waals surface area contributed by atoms with Crippen LogP contribution >= 0.6 is 12.4 Å². The topological polar surface area (TPSA) is 76.7 Å². The van der Waals surface area contributed by atoms with E-state index in [4.69, 9.17) is 4.74 Å². The summed E-state index contributed by atoms with van der Waals surface area (Å²) in [6, 6.07) is 6.09. The molecular weight excluding hydrogens is 325 g/mol. The molecule has 8 heteroatoms. The Morgan fingerprint density at radius 2 is 2.17 bits per heavy atom. The number of carboxylic acid groups (broad SMARTS) is 1. The molecule has 1 N–H and O–H groups in total. The lowest BCUT2D eigenvalue weighted by Crippen LogP contribution is -2.05. The molecule has 0 bridgehead atoms. The minimum absolute atomic E-state index is 0. The van der Waals surface area contributed by atoms with Crippen LogP contribution in [-0.2, 0) is 6.61 Å². The number of aromatic nitrogens is 3. The molecule has 120 valence electrons. The first-order valence-corrected chi connectivity index (χ1v) is 6.51. The van der Waals surface area contributed by atoms with Gasteiger partial charge in [0, 0.05) is 12.4 Å². The van der Waals surface area contributed by atoms with Crippen LogP contribution in [0.15, 0.2) is 36.7 Å². The van der Waals surface area contributed by atoms with E-state index in [-0.39, 0.29) is 30.4 Å². The lowest BCUT2D eigenvalue weighted by atomic mass is 10.3. The molecule has 3 aromatic rings. The first-order valence-electron chi connectivity index (χ1n) is 6.51. The molecule has 0 unspecified atom stereocenters. The molecule has 0 fully saturated rings. The van der Waals surface area contributed by atoms with Gasteiger partial charge in [0.2, 0.25) is 0 Å². The number of hydrogen-bond acceptors (Lipinski definition) is 4. The van der Waals surface area contributed by atoms with Gasteiger partial charge in [0.05, 0.1) is 5.69 Å². The smallest absolute Gasteiger partial charge is 0.354 e. The average Bonchev–Trinajstić information content (AvgIpc) is 2.83. The third kappa shape index (κ3) is 3.09. The number of aryl methyl sites for hydroxylation is 1. The quantitative estimate of drug-likeness (QED) is 0.792. The van der Waals surface area contributed by atoms with Gasteiger partial charge in [0.15, 0.2) is 17.1 Å². The monoisotopic (exact) mass is 337 g/mol. The van der Waals surface area contributed by atoms with E-state index >= 15 is 0 Å². The Morgan fingerprint density at radius 1 is 1.39 bits per heavy atom. The van der Waals surface area contributed by atoms with Crippen molar-refractivity contribution in [1.82, 2.24) is 14.4 Å². The van der Waals surface area contributed by atoms with Gasteiger partial charge in [-0.3, -0.25) is 9.38 Å². The van der Waals surface area contributed by atoms with Gasteiger partial charge in [-0.25, -0.2) is 14.2 Å². The average molecular weight is 338 g/mol. The lowest BCUT2D eigenvalue weighted by Gasteiger charge is -2.07.